The van der Waals surface area contributed by atoms with E-state index in [0.29, 0.717) is 26.3 Å². The van der Waals surface area contributed by atoms with Crippen LogP contribution in [-0.4, -0.2) is 66.6 Å². The Morgan fingerprint density at radius 3 is 2.64 bits per heavy atom. The van der Waals surface area contributed by atoms with E-state index in [1.807, 2.05) is 6.07 Å². The standard InChI is InChI=1S/C16H22N2O4/c1-12-3-4-13(9-14(12)19)10-15(20)17(2)11-16(21)18-5-7-22-8-6-18/h3-4,9,19H,5-8,10-11H2,1-2H3. The molecule has 22 heavy (non-hydrogen) atoms. The zero-order chi connectivity index (χ0) is 16.1. The van der Waals surface area contributed by atoms with E-state index in [1.165, 1.54) is 4.90 Å². The van der Waals surface area contributed by atoms with Crippen molar-refractivity contribution in [3.05, 3.63) is 29.3 Å². The predicted molar refractivity (Wildman–Crippen MR) is 81.6 cm³/mol. The van der Waals surface area contributed by atoms with Crippen LogP contribution >= 0.6 is 0 Å². The lowest BCUT2D eigenvalue weighted by Gasteiger charge is -2.28. The molecule has 0 unspecified atom stereocenters. The minimum Gasteiger partial charge on any atom is -0.508 e. The molecule has 1 heterocycles. The fraction of sp³-hybridized carbons (Fsp3) is 0.500. The molecule has 1 aromatic carbocycles. The highest BCUT2D eigenvalue weighted by Crippen LogP contribution is 2.18. The first-order chi connectivity index (χ1) is 10.5. The van der Waals surface area contributed by atoms with Gasteiger partial charge in [-0.2, -0.15) is 0 Å². The molecule has 1 N–H and O–H groups in total. The zero-order valence-electron chi connectivity index (χ0n) is 13.0. The lowest BCUT2D eigenvalue weighted by Crippen LogP contribution is -2.46. The Morgan fingerprint density at radius 2 is 2.00 bits per heavy atom. The molecule has 0 aliphatic carbocycles. The number of likely N-dealkylation sites (N-methyl/N-ethyl adjacent to an activating group) is 1. The number of phenolic OH excluding ortho intramolecular Hbond substituents is 1. The molecule has 1 fully saturated rings. The molecule has 1 aliphatic heterocycles. The van der Waals surface area contributed by atoms with E-state index in [1.54, 1.807) is 31.0 Å². The summed E-state index contributed by atoms with van der Waals surface area (Å²) in [5.41, 5.74) is 1.51. The number of aromatic hydroxyl groups is 1. The molecule has 0 saturated carbocycles. The van der Waals surface area contributed by atoms with Crippen LogP contribution in [0.3, 0.4) is 0 Å². The zero-order valence-corrected chi connectivity index (χ0v) is 13.0. The summed E-state index contributed by atoms with van der Waals surface area (Å²) in [6, 6.07) is 5.17. The van der Waals surface area contributed by atoms with Gasteiger partial charge in [-0.25, -0.2) is 0 Å². The second-order valence-electron chi connectivity index (χ2n) is 5.54. The first kappa shape index (κ1) is 16.3. The van der Waals surface area contributed by atoms with Crippen LogP contribution in [0, 0.1) is 6.92 Å². The Balaban J connectivity index is 1.88. The number of amides is 2. The first-order valence-corrected chi connectivity index (χ1v) is 7.35. The highest BCUT2D eigenvalue weighted by atomic mass is 16.5. The quantitative estimate of drug-likeness (QED) is 0.882. The molecule has 0 atom stereocenters. The van der Waals surface area contributed by atoms with Crippen molar-refractivity contribution in [2.75, 3.05) is 39.9 Å². The molecule has 1 saturated heterocycles. The van der Waals surface area contributed by atoms with Crippen molar-refractivity contribution in [2.24, 2.45) is 0 Å². The third kappa shape index (κ3) is 4.21. The van der Waals surface area contributed by atoms with Crippen molar-refractivity contribution in [3.8, 4) is 5.75 Å². The number of nitrogens with zero attached hydrogens (tertiary/aromatic N) is 2. The maximum atomic E-state index is 12.2. The van der Waals surface area contributed by atoms with Crippen molar-refractivity contribution < 1.29 is 19.4 Å². The van der Waals surface area contributed by atoms with Gasteiger partial charge in [-0.15, -0.1) is 0 Å². The Morgan fingerprint density at radius 1 is 1.32 bits per heavy atom. The lowest BCUT2D eigenvalue weighted by atomic mass is 10.1. The lowest BCUT2D eigenvalue weighted by molar-refractivity contribution is -0.141. The third-order valence-corrected chi connectivity index (χ3v) is 3.79. The van der Waals surface area contributed by atoms with E-state index in [4.69, 9.17) is 4.74 Å². The number of carbonyl (C=O) groups excluding carboxylic acids is 2. The summed E-state index contributed by atoms with van der Waals surface area (Å²) in [5, 5.41) is 9.67. The van der Waals surface area contributed by atoms with Gasteiger partial charge in [0.05, 0.1) is 26.2 Å². The number of phenols is 1. The van der Waals surface area contributed by atoms with Crippen molar-refractivity contribution >= 4 is 11.8 Å². The molecule has 6 nitrogen and oxygen atoms in total. The number of hydrogen-bond acceptors (Lipinski definition) is 4. The minimum absolute atomic E-state index is 0.0640. The van der Waals surface area contributed by atoms with E-state index >= 15 is 0 Å². The molecule has 1 aromatic rings. The molecular weight excluding hydrogens is 284 g/mol. The Kier molecular flexibility index (Phi) is 5.38. The van der Waals surface area contributed by atoms with Crippen LogP contribution in [0.15, 0.2) is 18.2 Å². The molecule has 0 aromatic heterocycles. The van der Waals surface area contributed by atoms with Gasteiger partial charge in [0.2, 0.25) is 11.8 Å². The molecule has 0 bridgehead atoms. The number of morpholine rings is 1. The highest BCUT2D eigenvalue weighted by Gasteiger charge is 2.20. The van der Waals surface area contributed by atoms with Crippen LogP contribution in [-0.2, 0) is 20.7 Å². The van der Waals surface area contributed by atoms with E-state index in [-0.39, 0.29) is 30.5 Å². The van der Waals surface area contributed by atoms with Gasteiger partial charge in [0, 0.05) is 20.1 Å². The summed E-state index contributed by atoms with van der Waals surface area (Å²) in [6.07, 6.45) is 0.167. The summed E-state index contributed by atoms with van der Waals surface area (Å²) in [5.74, 6) is -0.0342. The van der Waals surface area contributed by atoms with Crippen molar-refractivity contribution in [3.63, 3.8) is 0 Å². The molecular formula is C16H22N2O4. The smallest absolute Gasteiger partial charge is 0.242 e. The third-order valence-electron chi connectivity index (χ3n) is 3.79. The van der Waals surface area contributed by atoms with Gasteiger partial charge in [0.15, 0.2) is 0 Å². The van der Waals surface area contributed by atoms with E-state index < -0.39 is 0 Å². The van der Waals surface area contributed by atoms with Crippen LogP contribution in [0.1, 0.15) is 11.1 Å². The van der Waals surface area contributed by atoms with Gasteiger partial charge in [0.1, 0.15) is 5.75 Å². The van der Waals surface area contributed by atoms with Crippen LogP contribution in [0.5, 0.6) is 5.75 Å². The maximum Gasteiger partial charge on any atom is 0.242 e. The Hall–Kier alpha value is -2.08. The molecule has 0 spiro atoms. The molecule has 0 radical (unpaired) electrons. The SMILES string of the molecule is Cc1ccc(CC(=O)N(C)CC(=O)N2CCOCC2)cc1O. The summed E-state index contributed by atoms with van der Waals surface area (Å²) in [6.45, 7) is 4.11. The van der Waals surface area contributed by atoms with Crippen LogP contribution in [0.2, 0.25) is 0 Å². The average Bonchev–Trinajstić information content (AvgIpc) is 2.51. The average molecular weight is 306 g/mol. The van der Waals surface area contributed by atoms with Crippen molar-refractivity contribution in [1.82, 2.24) is 9.80 Å². The van der Waals surface area contributed by atoms with E-state index in [9.17, 15) is 14.7 Å². The van der Waals surface area contributed by atoms with Gasteiger partial charge in [-0.1, -0.05) is 12.1 Å². The van der Waals surface area contributed by atoms with E-state index in [0.717, 1.165) is 11.1 Å². The van der Waals surface area contributed by atoms with Crippen LogP contribution < -0.4 is 0 Å². The largest absolute Gasteiger partial charge is 0.508 e. The topological polar surface area (TPSA) is 70.1 Å². The van der Waals surface area contributed by atoms with Crippen molar-refractivity contribution in [2.45, 2.75) is 13.3 Å². The Labute approximate surface area is 130 Å². The maximum absolute atomic E-state index is 12.2. The summed E-state index contributed by atoms with van der Waals surface area (Å²) < 4.78 is 5.20. The van der Waals surface area contributed by atoms with Crippen LogP contribution in [0.4, 0.5) is 0 Å². The van der Waals surface area contributed by atoms with E-state index in [2.05, 4.69) is 0 Å². The first-order valence-electron chi connectivity index (χ1n) is 7.35. The van der Waals surface area contributed by atoms with Gasteiger partial charge in [-0.3, -0.25) is 9.59 Å². The summed E-state index contributed by atoms with van der Waals surface area (Å²) in [7, 11) is 1.62. The summed E-state index contributed by atoms with van der Waals surface area (Å²) >= 11 is 0. The Bertz CT molecular complexity index is 553. The van der Waals surface area contributed by atoms with Crippen LogP contribution in [0.25, 0.3) is 0 Å². The second kappa shape index (κ2) is 7.26. The number of benzene rings is 1. The number of aryl methyl sites for hydroxylation is 1. The molecule has 6 heteroatoms. The normalized spacial score (nSPS) is 14.7. The number of carbonyl (C=O) groups is 2. The molecule has 1 aliphatic rings. The second-order valence-corrected chi connectivity index (χ2v) is 5.54. The van der Waals surface area contributed by atoms with Gasteiger partial charge in [0.25, 0.3) is 0 Å². The number of hydrogen-bond donors (Lipinski definition) is 1. The van der Waals surface area contributed by atoms with Gasteiger partial charge in [-0.05, 0) is 24.1 Å². The van der Waals surface area contributed by atoms with Crippen molar-refractivity contribution in [1.29, 1.82) is 0 Å². The van der Waals surface area contributed by atoms with Gasteiger partial charge < -0.3 is 19.6 Å². The monoisotopic (exact) mass is 306 g/mol. The highest BCUT2D eigenvalue weighted by molar-refractivity contribution is 5.85. The molecule has 2 rings (SSSR count). The molecule has 2 amide bonds. The molecule has 120 valence electrons. The number of ether oxygens (including phenoxy) is 1. The number of rotatable bonds is 4. The predicted octanol–water partition coefficient (Wildman–Crippen LogP) is 0.560. The minimum atomic E-state index is -0.148. The fourth-order valence-corrected chi connectivity index (χ4v) is 2.28. The van der Waals surface area contributed by atoms with Gasteiger partial charge >= 0.3 is 0 Å². The summed E-state index contributed by atoms with van der Waals surface area (Å²) in [4.78, 5) is 27.4. The fourth-order valence-electron chi connectivity index (χ4n) is 2.28.